The summed E-state index contributed by atoms with van der Waals surface area (Å²) in [6.07, 6.45) is 3.20. The van der Waals surface area contributed by atoms with E-state index >= 15 is 0 Å². The highest BCUT2D eigenvalue weighted by Crippen LogP contribution is 2.21. The molecule has 0 unspecified atom stereocenters. The molecular formula is C18H15BrNO2. The van der Waals surface area contributed by atoms with Crippen LogP contribution < -0.4 is 0 Å². The lowest BCUT2D eigenvalue weighted by atomic mass is 10.1. The Hall–Kier alpha value is -1.91. The monoisotopic (exact) mass is 356 g/mol. The second-order valence-electron chi connectivity index (χ2n) is 5.01. The Morgan fingerprint density at radius 3 is 2.73 bits per heavy atom. The molecule has 3 rings (SSSR count). The molecule has 1 heterocycles. The fourth-order valence-corrected chi connectivity index (χ4v) is 2.39. The van der Waals surface area contributed by atoms with Crippen LogP contribution in [0.15, 0.2) is 57.7 Å². The quantitative estimate of drug-likeness (QED) is 0.650. The van der Waals surface area contributed by atoms with Crippen LogP contribution in [-0.4, -0.2) is 4.98 Å². The molecule has 1 aromatic heterocycles. The second-order valence-corrected chi connectivity index (χ2v) is 5.93. The SMILES string of the molecule is Cc1cc(-c2ncco2)[c]cc1COCc1ccc(Br)cc1. The van der Waals surface area contributed by atoms with Gasteiger partial charge in [-0.2, -0.15) is 0 Å². The van der Waals surface area contributed by atoms with Crippen molar-refractivity contribution < 1.29 is 9.15 Å². The molecule has 0 aliphatic heterocycles. The van der Waals surface area contributed by atoms with E-state index in [1.807, 2.05) is 24.3 Å². The number of nitrogens with zero attached hydrogens (tertiary/aromatic N) is 1. The molecule has 0 aliphatic carbocycles. The van der Waals surface area contributed by atoms with E-state index < -0.39 is 0 Å². The van der Waals surface area contributed by atoms with Crippen molar-refractivity contribution in [1.82, 2.24) is 4.98 Å². The zero-order valence-corrected chi connectivity index (χ0v) is 13.8. The fraction of sp³-hybridized carbons (Fsp3) is 0.167. The summed E-state index contributed by atoms with van der Waals surface area (Å²) in [6.45, 7) is 3.21. The molecule has 0 aliphatic rings. The number of halogens is 1. The van der Waals surface area contributed by atoms with Gasteiger partial charge in [-0.15, -0.1) is 0 Å². The first-order valence-corrected chi connectivity index (χ1v) is 7.75. The number of hydrogen-bond donors (Lipinski definition) is 0. The van der Waals surface area contributed by atoms with Gasteiger partial charge in [0.05, 0.1) is 19.4 Å². The fourth-order valence-electron chi connectivity index (χ4n) is 2.12. The van der Waals surface area contributed by atoms with Crippen molar-refractivity contribution in [3.05, 3.63) is 76.1 Å². The summed E-state index contributed by atoms with van der Waals surface area (Å²) in [5.74, 6) is 0.588. The van der Waals surface area contributed by atoms with Crippen LogP contribution in [0.1, 0.15) is 16.7 Å². The predicted octanol–water partition coefficient (Wildman–Crippen LogP) is 4.93. The Morgan fingerprint density at radius 2 is 2.05 bits per heavy atom. The molecule has 0 fully saturated rings. The third-order valence-electron chi connectivity index (χ3n) is 3.37. The Bertz CT molecular complexity index is 736. The van der Waals surface area contributed by atoms with Gasteiger partial charge in [0.2, 0.25) is 5.89 Å². The molecule has 111 valence electrons. The van der Waals surface area contributed by atoms with Crippen molar-refractivity contribution in [2.45, 2.75) is 20.1 Å². The first kappa shape index (κ1) is 15.0. The maximum absolute atomic E-state index is 5.78. The lowest BCUT2D eigenvalue weighted by Gasteiger charge is -2.08. The number of aromatic nitrogens is 1. The normalized spacial score (nSPS) is 10.8. The van der Waals surface area contributed by atoms with Gasteiger partial charge in [0.25, 0.3) is 0 Å². The van der Waals surface area contributed by atoms with Crippen molar-refractivity contribution in [2.75, 3.05) is 0 Å². The summed E-state index contributed by atoms with van der Waals surface area (Å²) in [5, 5.41) is 0. The topological polar surface area (TPSA) is 35.3 Å². The molecule has 0 spiro atoms. The highest BCUT2D eigenvalue weighted by atomic mass is 79.9. The molecule has 3 nitrogen and oxygen atoms in total. The van der Waals surface area contributed by atoms with Gasteiger partial charge in [-0.25, -0.2) is 4.98 Å². The van der Waals surface area contributed by atoms with Crippen LogP contribution in [0.25, 0.3) is 11.5 Å². The Kier molecular flexibility index (Phi) is 4.71. The molecular weight excluding hydrogens is 342 g/mol. The summed E-state index contributed by atoms with van der Waals surface area (Å²) in [6, 6.07) is 15.3. The Balaban J connectivity index is 1.62. The Labute approximate surface area is 138 Å². The van der Waals surface area contributed by atoms with Gasteiger partial charge in [-0.3, -0.25) is 0 Å². The minimum absolute atomic E-state index is 0.560. The summed E-state index contributed by atoms with van der Waals surface area (Å²) < 4.78 is 12.1. The zero-order valence-electron chi connectivity index (χ0n) is 12.2. The molecule has 22 heavy (non-hydrogen) atoms. The molecule has 0 saturated carbocycles. The van der Waals surface area contributed by atoms with Crippen LogP contribution in [0.5, 0.6) is 0 Å². The average Bonchev–Trinajstić information content (AvgIpc) is 3.05. The lowest BCUT2D eigenvalue weighted by Crippen LogP contribution is -1.97. The standard InChI is InChI=1S/C18H15BrNO2/c1-13-10-15(18-20-8-9-22-18)4-5-16(13)12-21-11-14-2-6-17(19)7-3-14/h2-3,5-10H,11-12H2,1H3. The maximum atomic E-state index is 5.78. The highest BCUT2D eigenvalue weighted by Gasteiger charge is 2.06. The summed E-state index contributed by atoms with van der Waals surface area (Å²) in [7, 11) is 0. The third-order valence-corrected chi connectivity index (χ3v) is 3.90. The van der Waals surface area contributed by atoms with E-state index in [0.29, 0.717) is 19.1 Å². The van der Waals surface area contributed by atoms with Crippen molar-refractivity contribution in [1.29, 1.82) is 0 Å². The van der Waals surface area contributed by atoms with Crippen LogP contribution in [0.4, 0.5) is 0 Å². The van der Waals surface area contributed by atoms with Gasteiger partial charge in [-0.1, -0.05) is 28.1 Å². The summed E-state index contributed by atoms with van der Waals surface area (Å²) in [5.41, 5.74) is 4.27. The zero-order chi connectivity index (χ0) is 15.4. The second kappa shape index (κ2) is 6.90. The Morgan fingerprint density at radius 1 is 1.23 bits per heavy atom. The number of rotatable bonds is 5. The predicted molar refractivity (Wildman–Crippen MR) is 88.1 cm³/mol. The van der Waals surface area contributed by atoms with Crippen molar-refractivity contribution >= 4 is 15.9 Å². The van der Waals surface area contributed by atoms with Crippen LogP contribution in [0.3, 0.4) is 0 Å². The van der Waals surface area contributed by atoms with Crippen LogP contribution in [0, 0.1) is 13.0 Å². The maximum Gasteiger partial charge on any atom is 0.226 e. The number of benzene rings is 2. The van der Waals surface area contributed by atoms with Crippen LogP contribution >= 0.6 is 15.9 Å². The van der Waals surface area contributed by atoms with Gasteiger partial charge in [0.1, 0.15) is 6.26 Å². The molecule has 3 aromatic rings. The third kappa shape index (κ3) is 3.64. The van der Waals surface area contributed by atoms with E-state index in [0.717, 1.165) is 26.7 Å². The van der Waals surface area contributed by atoms with E-state index in [2.05, 4.69) is 46.0 Å². The molecule has 0 bridgehead atoms. The van der Waals surface area contributed by atoms with E-state index in [1.165, 1.54) is 0 Å². The number of oxazole rings is 1. The van der Waals surface area contributed by atoms with Gasteiger partial charge in [0.15, 0.2) is 0 Å². The van der Waals surface area contributed by atoms with Crippen LogP contribution in [0.2, 0.25) is 0 Å². The summed E-state index contributed by atoms with van der Waals surface area (Å²) >= 11 is 3.43. The molecule has 0 amide bonds. The molecule has 2 aromatic carbocycles. The number of aryl methyl sites for hydroxylation is 1. The molecule has 0 atom stereocenters. The lowest BCUT2D eigenvalue weighted by molar-refractivity contribution is 0.107. The van der Waals surface area contributed by atoms with Gasteiger partial charge in [0, 0.05) is 10.0 Å². The first-order valence-electron chi connectivity index (χ1n) is 6.95. The van der Waals surface area contributed by atoms with E-state index in [4.69, 9.17) is 9.15 Å². The van der Waals surface area contributed by atoms with Gasteiger partial charge in [-0.05, 0) is 53.9 Å². The van der Waals surface area contributed by atoms with Gasteiger partial charge < -0.3 is 9.15 Å². The van der Waals surface area contributed by atoms with Crippen molar-refractivity contribution in [3.63, 3.8) is 0 Å². The molecule has 0 saturated heterocycles. The smallest absolute Gasteiger partial charge is 0.226 e. The largest absolute Gasteiger partial charge is 0.445 e. The van der Waals surface area contributed by atoms with Crippen molar-refractivity contribution in [2.24, 2.45) is 0 Å². The molecule has 4 heteroatoms. The van der Waals surface area contributed by atoms with E-state index in [-0.39, 0.29) is 0 Å². The average molecular weight is 357 g/mol. The molecule has 1 radical (unpaired) electrons. The number of ether oxygens (including phenoxy) is 1. The minimum Gasteiger partial charge on any atom is -0.445 e. The van der Waals surface area contributed by atoms with Gasteiger partial charge >= 0.3 is 0 Å². The minimum atomic E-state index is 0.560. The van der Waals surface area contributed by atoms with E-state index in [1.54, 1.807) is 12.5 Å². The number of hydrogen-bond acceptors (Lipinski definition) is 3. The summed E-state index contributed by atoms with van der Waals surface area (Å²) in [4.78, 5) is 4.13. The van der Waals surface area contributed by atoms with Crippen molar-refractivity contribution in [3.8, 4) is 11.5 Å². The van der Waals surface area contributed by atoms with E-state index in [9.17, 15) is 0 Å². The van der Waals surface area contributed by atoms with Crippen LogP contribution in [-0.2, 0) is 18.0 Å². The first-order chi connectivity index (χ1) is 10.7. The molecule has 0 N–H and O–H groups in total. The highest BCUT2D eigenvalue weighted by molar-refractivity contribution is 9.10.